The highest BCUT2D eigenvalue weighted by Crippen LogP contribution is 2.22. The third-order valence-electron chi connectivity index (χ3n) is 5.12. The summed E-state index contributed by atoms with van der Waals surface area (Å²) in [6, 6.07) is 17.3. The highest BCUT2D eigenvalue weighted by Gasteiger charge is 2.35. The lowest BCUT2D eigenvalue weighted by molar-refractivity contribution is -0.119. The summed E-state index contributed by atoms with van der Waals surface area (Å²) in [5, 5.41) is 9.91. The molecule has 2 unspecified atom stereocenters. The second kappa shape index (κ2) is 10.9. The molecule has 6 nitrogen and oxygen atoms in total. The van der Waals surface area contributed by atoms with Crippen LogP contribution >= 0.6 is 0 Å². The van der Waals surface area contributed by atoms with Gasteiger partial charge in [0.25, 0.3) is 0 Å². The van der Waals surface area contributed by atoms with Gasteiger partial charge in [0.2, 0.25) is 0 Å². The number of rotatable bonds is 11. The number of hydrogen-bond donors (Lipinski definition) is 1. The summed E-state index contributed by atoms with van der Waals surface area (Å²) in [4.78, 5) is 24.8. The van der Waals surface area contributed by atoms with Crippen LogP contribution in [0.25, 0.3) is 0 Å². The first-order valence-electron chi connectivity index (χ1n) is 10.1. The van der Waals surface area contributed by atoms with Crippen molar-refractivity contribution >= 4 is 11.9 Å². The predicted molar refractivity (Wildman–Crippen MR) is 113 cm³/mol. The van der Waals surface area contributed by atoms with E-state index in [1.807, 2.05) is 19.9 Å². The monoisotopic (exact) mass is 414 g/mol. The number of benzene rings is 2. The predicted octanol–water partition coefficient (Wildman–Crippen LogP) is 4.03. The van der Waals surface area contributed by atoms with Crippen molar-refractivity contribution in [2.45, 2.75) is 44.8 Å². The number of esters is 2. The van der Waals surface area contributed by atoms with E-state index < -0.39 is 23.1 Å². The first-order chi connectivity index (χ1) is 14.4. The molecule has 2 atom stereocenters. The molecule has 2 rings (SSSR count). The van der Waals surface area contributed by atoms with Crippen LogP contribution in [-0.4, -0.2) is 48.1 Å². The Hall–Kier alpha value is -2.70. The summed E-state index contributed by atoms with van der Waals surface area (Å²) >= 11 is 0. The molecular weight excluding hydrogens is 384 g/mol. The van der Waals surface area contributed by atoms with Crippen molar-refractivity contribution in [3.8, 4) is 0 Å². The van der Waals surface area contributed by atoms with Crippen molar-refractivity contribution in [3.05, 3.63) is 71.8 Å². The van der Waals surface area contributed by atoms with Crippen LogP contribution in [0.2, 0.25) is 0 Å². The Morgan fingerprint density at radius 2 is 1.30 bits per heavy atom. The third kappa shape index (κ3) is 6.40. The Labute approximate surface area is 177 Å². The van der Waals surface area contributed by atoms with Crippen molar-refractivity contribution in [1.29, 1.82) is 0 Å². The molecule has 0 fully saturated rings. The van der Waals surface area contributed by atoms with Gasteiger partial charge in [-0.05, 0) is 44.0 Å². The van der Waals surface area contributed by atoms with Crippen LogP contribution in [-0.2, 0) is 14.2 Å². The largest absolute Gasteiger partial charge is 0.453 e. The van der Waals surface area contributed by atoms with Crippen LogP contribution < -0.4 is 0 Å². The second-order valence-corrected chi connectivity index (χ2v) is 7.50. The summed E-state index contributed by atoms with van der Waals surface area (Å²) in [7, 11) is 0. The Morgan fingerprint density at radius 1 is 0.800 bits per heavy atom. The summed E-state index contributed by atoms with van der Waals surface area (Å²) in [5.74, 6) is -0.952. The van der Waals surface area contributed by atoms with Crippen LogP contribution in [0.15, 0.2) is 60.7 Å². The Kier molecular flexibility index (Phi) is 8.57. The SMILES string of the molecule is CCC(C)(COCC(CC)(CO)OC(=O)c1ccccc1)OC(=O)c1ccccc1. The zero-order chi connectivity index (χ0) is 22.0. The lowest BCUT2D eigenvalue weighted by Crippen LogP contribution is -2.45. The molecule has 2 aromatic carbocycles. The van der Waals surface area contributed by atoms with Gasteiger partial charge in [-0.1, -0.05) is 50.2 Å². The normalized spacial score (nSPS) is 14.9. The lowest BCUT2D eigenvalue weighted by Gasteiger charge is -2.33. The maximum Gasteiger partial charge on any atom is 0.338 e. The van der Waals surface area contributed by atoms with Gasteiger partial charge in [0.15, 0.2) is 5.60 Å². The van der Waals surface area contributed by atoms with Gasteiger partial charge in [-0.15, -0.1) is 0 Å². The fourth-order valence-corrected chi connectivity index (χ4v) is 2.74. The minimum atomic E-state index is -1.18. The van der Waals surface area contributed by atoms with E-state index in [1.165, 1.54) is 0 Å². The van der Waals surface area contributed by atoms with E-state index in [2.05, 4.69) is 0 Å². The van der Waals surface area contributed by atoms with Crippen molar-refractivity contribution in [3.63, 3.8) is 0 Å². The minimum absolute atomic E-state index is 0.0168. The van der Waals surface area contributed by atoms with Gasteiger partial charge in [-0.25, -0.2) is 9.59 Å². The smallest absolute Gasteiger partial charge is 0.338 e. The summed E-state index contributed by atoms with van der Waals surface area (Å²) < 4.78 is 17.1. The van der Waals surface area contributed by atoms with Gasteiger partial charge in [0.05, 0.1) is 30.9 Å². The molecule has 0 aromatic heterocycles. The van der Waals surface area contributed by atoms with Crippen molar-refractivity contribution in [1.82, 2.24) is 0 Å². The van der Waals surface area contributed by atoms with Crippen LogP contribution in [0.1, 0.15) is 54.3 Å². The molecule has 6 heteroatoms. The van der Waals surface area contributed by atoms with E-state index in [9.17, 15) is 14.7 Å². The maximum absolute atomic E-state index is 12.4. The number of ether oxygens (including phenoxy) is 3. The molecule has 0 saturated heterocycles. The molecule has 0 amide bonds. The molecule has 0 aliphatic heterocycles. The maximum atomic E-state index is 12.4. The zero-order valence-corrected chi connectivity index (χ0v) is 17.8. The van der Waals surface area contributed by atoms with E-state index in [4.69, 9.17) is 14.2 Å². The minimum Gasteiger partial charge on any atom is -0.453 e. The Morgan fingerprint density at radius 3 is 1.73 bits per heavy atom. The van der Waals surface area contributed by atoms with E-state index in [1.54, 1.807) is 61.5 Å². The Bertz CT molecular complexity index is 801. The fourth-order valence-electron chi connectivity index (χ4n) is 2.74. The quantitative estimate of drug-likeness (QED) is 0.559. The molecule has 0 aliphatic carbocycles. The van der Waals surface area contributed by atoms with Gasteiger partial charge in [-0.2, -0.15) is 0 Å². The van der Waals surface area contributed by atoms with Crippen molar-refractivity contribution in [2.75, 3.05) is 19.8 Å². The molecule has 0 spiro atoms. The first kappa shape index (κ1) is 23.6. The fraction of sp³-hybridized carbons (Fsp3) is 0.417. The van der Waals surface area contributed by atoms with Crippen LogP contribution in [0.5, 0.6) is 0 Å². The average molecular weight is 414 g/mol. The van der Waals surface area contributed by atoms with Gasteiger partial charge < -0.3 is 19.3 Å². The van der Waals surface area contributed by atoms with Crippen molar-refractivity contribution < 1.29 is 28.9 Å². The summed E-state index contributed by atoms with van der Waals surface area (Å²) in [6.07, 6.45) is 0.905. The molecular formula is C24H30O6. The van der Waals surface area contributed by atoms with Gasteiger partial charge >= 0.3 is 11.9 Å². The molecule has 0 radical (unpaired) electrons. The van der Waals surface area contributed by atoms with Crippen LogP contribution in [0.3, 0.4) is 0 Å². The number of carbonyl (C=O) groups excluding carboxylic acids is 2. The van der Waals surface area contributed by atoms with Gasteiger partial charge in [-0.3, -0.25) is 0 Å². The Balaban J connectivity index is 1.98. The van der Waals surface area contributed by atoms with Crippen LogP contribution in [0, 0.1) is 0 Å². The number of carbonyl (C=O) groups is 2. The highest BCUT2D eigenvalue weighted by atomic mass is 16.6. The molecule has 30 heavy (non-hydrogen) atoms. The average Bonchev–Trinajstić information content (AvgIpc) is 2.79. The molecule has 0 aliphatic rings. The van der Waals surface area contributed by atoms with Gasteiger partial charge in [0, 0.05) is 0 Å². The molecule has 1 N–H and O–H groups in total. The van der Waals surface area contributed by atoms with Crippen molar-refractivity contribution in [2.24, 2.45) is 0 Å². The van der Waals surface area contributed by atoms with E-state index >= 15 is 0 Å². The topological polar surface area (TPSA) is 82.1 Å². The van der Waals surface area contributed by atoms with E-state index in [0.717, 1.165) is 0 Å². The van der Waals surface area contributed by atoms with E-state index in [0.29, 0.717) is 24.0 Å². The molecule has 162 valence electrons. The third-order valence-corrected chi connectivity index (χ3v) is 5.12. The second-order valence-electron chi connectivity index (χ2n) is 7.50. The highest BCUT2D eigenvalue weighted by molar-refractivity contribution is 5.90. The van der Waals surface area contributed by atoms with Crippen LogP contribution in [0.4, 0.5) is 0 Å². The number of hydrogen-bond acceptors (Lipinski definition) is 6. The van der Waals surface area contributed by atoms with Gasteiger partial charge in [0.1, 0.15) is 5.60 Å². The molecule has 2 aromatic rings. The molecule has 0 heterocycles. The number of aliphatic hydroxyl groups is 1. The molecule has 0 bridgehead atoms. The lowest BCUT2D eigenvalue weighted by atomic mass is 10.0. The molecule has 0 saturated carbocycles. The summed E-state index contributed by atoms with van der Waals surface area (Å²) in [5.41, 5.74) is -1.16. The first-order valence-corrected chi connectivity index (χ1v) is 10.1. The standard InChI is InChI=1S/C24H30O6/c1-4-23(3,29-21(26)19-12-8-6-9-13-19)17-28-18-24(5-2,16-25)30-22(27)20-14-10-7-11-15-20/h6-15,25H,4-5,16-18H2,1-3H3. The summed E-state index contributed by atoms with van der Waals surface area (Å²) in [6.45, 7) is 5.21. The van der Waals surface area contributed by atoms with E-state index in [-0.39, 0.29) is 19.8 Å². The zero-order valence-electron chi connectivity index (χ0n) is 17.8. The number of aliphatic hydroxyl groups excluding tert-OH is 1.